The van der Waals surface area contributed by atoms with Crippen LogP contribution in [0.2, 0.25) is 0 Å². The van der Waals surface area contributed by atoms with E-state index < -0.39 is 5.92 Å². The van der Waals surface area contributed by atoms with E-state index in [9.17, 15) is 8.78 Å². The largest absolute Gasteiger partial charge is 0.303 e. The van der Waals surface area contributed by atoms with Gasteiger partial charge in [0.1, 0.15) is 0 Å². The smallest absolute Gasteiger partial charge is 0.250 e. The molecule has 1 rings (SSSR count). The molecule has 0 aromatic rings. The maximum absolute atomic E-state index is 12.5. The first-order valence-electron chi connectivity index (χ1n) is 4.74. The van der Waals surface area contributed by atoms with Crippen LogP contribution in [0.25, 0.3) is 0 Å². The number of nitrogens with zero attached hydrogens (tertiary/aromatic N) is 1. The van der Waals surface area contributed by atoms with Crippen LogP contribution in [0.4, 0.5) is 8.78 Å². The Labute approximate surface area is 73.7 Å². The van der Waals surface area contributed by atoms with Crippen LogP contribution in [0.1, 0.15) is 33.6 Å². The summed E-state index contributed by atoms with van der Waals surface area (Å²) < 4.78 is 25.0. The van der Waals surface area contributed by atoms with Gasteiger partial charge in [0.2, 0.25) is 0 Å². The molecule has 1 fully saturated rings. The van der Waals surface area contributed by atoms with E-state index in [1.807, 2.05) is 20.8 Å². The van der Waals surface area contributed by atoms with Gasteiger partial charge in [-0.05, 0) is 6.54 Å². The van der Waals surface area contributed by atoms with Gasteiger partial charge in [0, 0.05) is 25.9 Å². The minimum absolute atomic E-state index is 0.0425. The minimum atomic E-state index is -2.38. The van der Waals surface area contributed by atoms with E-state index in [2.05, 4.69) is 4.90 Å². The Hall–Kier alpha value is -0.180. The van der Waals surface area contributed by atoms with Gasteiger partial charge in [-0.2, -0.15) is 0 Å². The lowest BCUT2D eigenvalue weighted by Crippen LogP contribution is -2.38. The lowest BCUT2D eigenvalue weighted by molar-refractivity contribution is -0.0540. The van der Waals surface area contributed by atoms with Crippen LogP contribution in [0.3, 0.4) is 0 Å². The Morgan fingerprint density at radius 2 is 1.58 bits per heavy atom. The van der Waals surface area contributed by atoms with Crippen LogP contribution in [-0.2, 0) is 0 Å². The quantitative estimate of drug-likeness (QED) is 0.598. The fourth-order valence-electron chi connectivity index (χ4n) is 1.20. The third-order valence-electron chi connectivity index (χ3n) is 2.03. The fraction of sp³-hybridized carbons (Fsp3) is 1.00. The zero-order valence-electron chi connectivity index (χ0n) is 8.24. The molecule has 74 valence electrons. The molecule has 0 spiro atoms. The highest BCUT2D eigenvalue weighted by Crippen LogP contribution is 2.27. The third kappa shape index (κ3) is 4.00. The van der Waals surface area contributed by atoms with Crippen molar-refractivity contribution in [1.29, 1.82) is 0 Å². The predicted molar refractivity (Wildman–Crippen MR) is 47.6 cm³/mol. The highest BCUT2D eigenvalue weighted by molar-refractivity contribution is 4.76. The molecule has 0 bridgehead atoms. The molecule has 0 radical (unpaired) electrons. The van der Waals surface area contributed by atoms with Crippen LogP contribution < -0.4 is 0 Å². The summed E-state index contributed by atoms with van der Waals surface area (Å²) in [5.74, 6) is -2.38. The van der Waals surface area contributed by atoms with Gasteiger partial charge in [0.25, 0.3) is 5.92 Å². The molecule has 0 aromatic heterocycles. The molecule has 0 N–H and O–H groups in total. The number of halogens is 2. The van der Waals surface area contributed by atoms with E-state index in [1.165, 1.54) is 0 Å². The first kappa shape index (κ1) is 11.8. The Kier molecular flexibility index (Phi) is 5.38. The van der Waals surface area contributed by atoms with Crippen molar-refractivity contribution >= 4 is 0 Å². The Bertz CT molecular complexity index is 105. The fourth-order valence-corrected chi connectivity index (χ4v) is 1.20. The van der Waals surface area contributed by atoms with Crippen molar-refractivity contribution < 1.29 is 8.78 Å². The van der Waals surface area contributed by atoms with E-state index in [1.54, 1.807) is 0 Å². The van der Waals surface area contributed by atoms with E-state index in [0.717, 1.165) is 6.54 Å². The molecule has 0 atom stereocenters. The van der Waals surface area contributed by atoms with E-state index >= 15 is 0 Å². The normalized spacial score (nSPS) is 22.8. The summed E-state index contributed by atoms with van der Waals surface area (Å²) in [6.45, 7) is 8.02. The number of rotatable bonds is 1. The molecule has 0 saturated carbocycles. The summed E-state index contributed by atoms with van der Waals surface area (Å²) >= 11 is 0. The summed E-state index contributed by atoms with van der Waals surface area (Å²) in [7, 11) is 0. The summed E-state index contributed by atoms with van der Waals surface area (Å²) in [6, 6.07) is 0. The van der Waals surface area contributed by atoms with Gasteiger partial charge < -0.3 is 4.90 Å². The number of alkyl halides is 2. The molecule has 1 heterocycles. The molecule has 3 heteroatoms. The minimum Gasteiger partial charge on any atom is -0.303 e. The molecule has 0 aromatic carbocycles. The first-order valence-corrected chi connectivity index (χ1v) is 4.74. The predicted octanol–water partition coefficient (Wildman–Crippen LogP) is 2.76. The highest BCUT2D eigenvalue weighted by atomic mass is 19.3. The van der Waals surface area contributed by atoms with Gasteiger partial charge in [-0.15, -0.1) is 0 Å². The van der Waals surface area contributed by atoms with Gasteiger partial charge >= 0.3 is 0 Å². The number of hydrogen-bond acceptors (Lipinski definition) is 1. The van der Waals surface area contributed by atoms with Crippen molar-refractivity contribution in [3.63, 3.8) is 0 Å². The molecule has 1 saturated heterocycles. The second-order valence-electron chi connectivity index (χ2n) is 2.79. The molecule has 0 amide bonds. The van der Waals surface area contributed by atoms with Gasteiger partial charge in [0.15, 0.2) is 0 Å². The van der Waals surface area contributed by atoms with Gasteiger partial charge in [0.05, 0.1) is 0 Å². The molecule has 12 heavy (non-hydrogen) atoms. The Balaban J connectivity index is 0.000000561. The van der Waals surface area contributed by atoms with Gasteiger partial charge in [-0.1, -0.05) is 20.8 Å². The van der Waals surface area contributed by atoms with Crippen molar-refractivity contribution in [1.82, 2.24) is 4.90 Å². The molecule has 0 unspecified atom stereocenters. The average molecular weight is 179 g/mol. The van der Waals surface area contributed by atoms with Crippen molar-refractivity contribution in [2.45, 2.75) is 39.5 Å². The van der Waals surface area contributed by atoms with Crippen LogP contribution in [0.15, 0.2) is 0 Å². The van der Waals surface area contributed by atoms with Crippen molar-refractivity contribution in [2.75, 3.05) is 19.6 Å². The van der Waals surface area contributed by atoms with Crippen molar-refractivity contribution in [3.8, 4) is 0 Å². The molecular formula is C9H19F2N. The second-order valence-corrected chi connectivity index (χ2v) is 2.79. The third-order valence-corrected chi connectivity index (χ3v) is 2.03. The van der Waals surface area contributed by atoms with Crippen LogP contribution in [0, 0.1) is 0 Å². The Morgan fingerprint density at radius 1 is 1.17 bits per heavy atom. The summed E-state index contributed by atoms with van der Waals surface area (Å²) in [6.07, 6.45) is 0.0850. The zero-order valence-corrected chi connectivity index (χ0v) is 8.24. The van der Waals surface area contributed by atoms with Crippen molar-refractivity contribution in [2.24, 2.45) is 0 Å². The summed E-state index contributed by atoms with van der Waals surface area (Å²) in [5, 5.41) is 0. The van der Waals surface area contributed by atoms with E-state index in [0.29, 0.717) is 13.1 Å². The molecule has 1 nitrogen and oxygen atoms in total. The highest BCUT2D eigenvalue weighted by Gasteiger charge is 2.33. The molecule has 0 aliphatic carbocycles. The first-order chi connectivity index (χ1) is 5.64. The number of piperidine rings is 1. The van der Waals surface area contributed by atoms with Crippen LogP contribution in [0.5, 0.6) is 0 Å². The summed E-state index contributed by atoms with van der Waals surface area (Å²) in [4.78, 5) is 2.05. The lowest BCUT2D eigenvalue weighted by Gasteiger charge is -2.30. The van der Waals surface area contributed by atoms with E-state index in [4.69, 9.17) is 0 Å². The average Bonchev–Trinajstić information content (AvgIpc) is 2.08. The van der Waals surface area contributed by atoms with Gasteiger partial charge in [-0.25, -0.2) is 8.78 Å². The zero-order chi connectivity index (χ0) is 9.61. The molecule has 1 aliphatic rings. The topological polar surface area (TPSA) is 3.24 Å². The SMILES string of the molecule is CC.CCN1CCC(F)(F)CC1. The van der Waals surface area contributed by atoms with Crippen LogP contribution in [-0.4, -0.2) is 30.5 Å². The molecular weight excluding hydrogens is 160 g/mol. The van der Waals surface area contributed by atoms with Gasteiger partial charge in [-0.3, -0.25) is 0 Å². The second kappa shape index (κ2) is 5.46. The summed E-state index contributed by atoms with van der Waals surface area (Å²) in [5.41, 5.74) is 0. The lowest BCUT2D eigenvalue weighted by atomic mass is 10.1. The van der Waals surface area contributed by atoms with Crippen LogP contribution >= 0.6 is 0 Å². The van der Waals surface area contributed by atoms with E-state index in [-0.39, 0.29) is 12.8 Å². The van der Waals surface area contributed by atoms with Crippen molar-refractivity contribution in [3.05, 3.63) is 0 Å². The molecule has 1 aliphatic heterocycles. The Morgan fingerprint density at radius 3 is 1.92 bits per heavy atom. The number of hydrogen-bond donors (Lipinski definition) is 0. The maximum Gasteiger partial charge on any atom is 0.250 e. The maximum atomic E-state index is 12.5. The number of likely N-dealkylation sites (tertiary alicyclic amines) is 1. The standard InChI is InChI=1S/C7H13F2N.C2H6/c1-2-10-5-3-7(8,9)4-6-10;1-2/h2-6H2,1H3;1-2H3. The monoisotopic (exact) mass is 179 g/mol.